The van der Waals surface area contributed by atoms with Gasteiger partial charge in [-0.05, 0) is 24.1 Å². The molecule has 2 amide bonds. The summed E-state index contributed by atoms with van der Waals surface area (Å²) in [5, 5.41) is 0.623. The molecule has 1 aromatic carbocycles. The molecule has 4 nitrogen and oxygen atoms in total. The van der Waals surface area contributed by atoms with Crippen molar-refractivity contribution in [1.82, 2.24) is 0 Å². The number of hydrogen-bond donors (Lipinski definition) is 1. The zero-order valence-electron chi connectivity index (χ0n) is 9.69. The van der Waals surface area contributed by atoms with Crippen LogP contribution in [-0.4, -0.2) is 29.9 Å². The molecule has 0 fully saturated rings. The molecule has 0 bridgehead atoms. The number of anilines is 1. The van der Waals surface area contributed by atoms with E-state index in [0.717, 1.165) is 17.7 Å². The second kappa shape index (κ2) is 5.63. The second-order valence-electron chi connectivity index (χ2n) is 4.03. The van der Waals surface area contributed by atoms with Crippen LogP contribution in [0.15, 0.2) is 18.2 Å². The smallest absolute Gasteiger partial charge is 0.237 e. The molecule has 0 unspecified atom stereocenters. The lowest BCUT2D eigenvalue weighted by molar-refractivity contribution is -0.116. The Kier molecular flexibility index (Phi) is 4.14. The summed E-state index contributed by atoms with van der Waals surface area (Å²) < 4.78 is 0. The zero-order chi connectivity index (χ0) is 13.1. The van der Waals surface area contributed by atoms with Crippen LogP contribution in [-0.2, 0) is 16.0 Å². The number of halogens is 1. The largest absolute Gasteiger partial charge is 0.369 e. The summed E-state index contributed by atoms with van der Waals surface area (Å²) in [4.78, 5) is 24.3. The van der Waals surface area contributed by atoms with E-state index in [-0.39, 0.29) is 17.4 Å². The van der Waals surface area contributed by atoms with Crippen LogP contribution >= 0.6 is 23.4 Å². The van der Waals surface area contributed by atoms with Gasteiger partial charge in [0, 0.05) is 17.3 Å². The molecule has 1 aliphatic heterocycles. The van der Waals surface area contributed by atoms with Crippen molar-refractivity contribution in [2.24, 2.45) is 5.73 Å². The van der Waals surface area contributed by atoms with Crippen LogP contribution in [0.3, 0.4) is 0 Å². The molecular formula is C12H13ClN2O2S. The highest BCUT2D eigenvalue weighted by molar-refractivity contribution is 8.00. The Balaban J connectivity index is 2.02. The molecule has 6 heteroatoms. The number of benzene rings is 1. The van der Waals surface area contributed by atoms with Gasteiger partial charge in [0.15, 0.2) is 0 Å². The minimum absolute atomic E-state index is 0.0118. The fourth-order valence-corrected chi connectivity index (χ4v) is 2.73. The Hall–Kier alpha value is -1.20. The number of amides is 2. The first-order valence-electron chi connectivity index (χ1n) is 5.53. The third-order valence-electron chi connectivity index (χ3n) is 2.71. The summed E-state index contributed by atoms with van der Waals surface area (Å²) in [5.74, 6) is 0.0107. The maximum Gasteiger partial charge on any atom is 0.237 e. The van der Waals surface area contributed by atoms with Crippen molar-refractivity contribution in [3.63, 3.8) is 0 Å². The average molecular weight is 285 g/mol. The lowest BCUT2D eigenvalue weighted by Gasteiger charge is -2.17. The Bertz CT molecular complexity index is 493. The highest BCUT2D eigenvalue weighted by atomic mass is 35.5. The van der Waals surface area contributed by atoms with Gasteiger partial charge < -0.3 is 10.6 Å². The van der Waals surface area contributed by atoms with E-state index in [0.29, 0.717) is 11.6 Å². The standard InChI is InChI=1S/C12H13ClN2O2S/c13-9-2-1-8-3-4-15(10(8)5-9)12(17)7-18-6-11(14)16/h1-2,5H,3-4,6-7H2,(H2,14,16). The molecule has 0 aliphatic carbocycles. The van der Waals surface area contributed by atoms with E-state index in [2.05, 4.69) is 0 Å². The Morgan fingerprint density at radius 1 is 1.39 bits per heavy atom. The second-order valence-corrected chi connectivity index (χ2v) is 5.45. The van der Waals surface area contributed by atoms with E-state index in [4.69, 9.17) is 17.3 Å². The monoisotopic (exact) mass is 284 g/mol. The van der Waals surface area contributed by atoms with Crippen LogP contribution in [0.4, 0.5) is 5.69 Å². The fraction of sp³-hybridized carbons (Fsp3) is 0.333. The summed E-state index contributed by atoms with van der Waals surface area (Å²) in [6.45, 7) is 0.672. The Morgan fingerprint density at radius 2 is 2.17 bits per heavy atom. The van der Waals surface area contributed by atoms with Crippen molar-refractivity contribution in [3.8, 4) is 0 Å². The molecule has 1 aromatic rings. The molecular weight excluding hydrogens is 272 g/mol. The van der Waals surface area contributed by atoms with E-state index in [9.17, 15) is 9.59 Å². The fourth-order valence-electron chi connectivity index (χ4n) is 1.93. The van der Waals surface area contributed by atoms with E-state index in [1.807, 2.05) is 12.1 Å². The maximum atomic E-state index is 12.0. The third kappa shape index (κ3) is 2.97. The molecule has 18 heavy (non-hydrogen) atoms. The van der Waals surface area contributed by atoms with Gasteiger partial charge in [0.2, 0.25) is 11.8 Å². The van der Waals surface area contributed by atoms with Gasteiger partial charge >= 0.3 is 0 Å². The lowest BCUT2D eigenvalue weighted by Crippen LogP contribution is -2.31. The number of nitrogens with zero attached hydrogens (tertiary/aromatic N) is 1. The van der Waals surface area contributed by atoms with Crippen LogP contribution < -0.4 is 10.6 Å². The zero-order valence-corrected chi connectivity index (χ0v) is 11.3. The van der Waals surface area contributed by atoms with Gasteiger partial charge in [-0.1, -0.05) is 17.7 Å². The summed E-state index contributed by atoms with van der Waals surface area (Å²) in [6.07, 6.45) is 0.846. The van der Waals surface area contributed by atoms with Gasteiger partial charge in [0.1, 0.15) is 0 Å². The van der Waals surface area contributed by atoms with Crippen molar-refractivity contribution in [2.75, 3.05) is 23.0 Å². The number of nitrogens with two attached hydrogens (primary N) is 1. The van der Waals surface area contributed by atoms with E-state index in [1.54, 1.807) is 11.0 Å². The van der Waals surface area contributed by atoms with Gasteiger partial charge in [0.05, 0.1) is 11.5 Å². The minimum Gasteiger partial charge on any atom is -0.369 e. The van der Waals surface area contributed by atoms with Crippen molar-refractivity contribution in [3.05, 3.63) is 28.8 Å². The third-order valence-corrected chi connectivity index (χ3v) is 3.89. The molecule has 1 heterocycles. The van der Waals surface area contributed by atoms with E-state index < -0.39 is 5.91 Å². The predicted molar refractivity (Wildman–Crippen MR) is 74.0 cm³/mol. The number of fused-ring (bicyclic) bond motifs is 1. The van der Waals surface area contributed by atoms with Gasteiger partial charge in [0.25, 0.3) is 0 Å². The first kappa shape index (κ1) is 13.2. The van der Waals surface area contributed by atoms with Crippen molar-refractivity contribution < 1.29 is 9.59 Å². The van der Waals surface area contributed by atoms with Crippen molar-refractivity contribution >= 4 is 40.9 Å². The van der Waals surface area contributed by atoms with Crippen LogP contribution in [0, 0.1) is 0 Å². The maximum absolute atomic E-state index is 12.0. The molecule has 2 N–H and O–H groups in total. The Morgan fingerprint density at radius 3 is 2.89 bits per heavy atom. The van der Waals surface area contributed by atoms with E-state index in [1.165, 1.54) is 11.8 Å². The first-order chi connectivity index (χ1) is 8.58. The van der Waals surface area contributed by atoms with Gasteiger partial charge in [-0.3, -0.25) is 9.59 Å². The van der Waals surface area contributed by atoms with Crippen molar-refractivity contribution in [2.45, 2.75) is 6.42 Å². The van der Waals surface area contributed by atoms with Crippen LogP contribution in [0.25, 0.3) is 0 Å². The minimum atomic E-state index is -0.405. The highest BCUT2D eigenvalue weighted by Gasteiger charge is 2.24. The van der Waals surface area contributed by atoms with Gasteiger partial charge in [-0.25, -0.2) is 0 Å². The lowest BCUT2D eigenvalue weighted by atomic mass is 10.2. The first-order valence-corrected chi connectivity index (χ1v) is 7.06. The SMILES string of the molecule is NC(=O)CSCC(=O)N1CCc2ccc(Cl)cc21. The highest BCUT2D eigenvalue weighted by Crippen LogP contribution is 2.31. The van der Waals surface area contributed by atoms with Crippen LogP contribution in [0.5, 0.6) is 0 Å². The number of primary amides is 1. The number of carbonyl (C=O) groups excluding carboxylic acids is 2. The molecule has 0 radical (unpaired) electrons. The molecule has 2 rings (SSSR count). The summed E-state index contributed by atoms with van der Waals surface area (Å²) in [6, 6.07) is 5.58. The number of carbonyl (C=O) groups is 2. The Labute approximate surface area is 114 Å². The summed E-state index contributed by atoms with van der Waals surface area (Å²) >= 11 is 7.17. The van der Waals surface area contributed by atoms with Gasteiger partial charge in [-0.2, -0.15) is 0 Å². The molecule has 0 atom stereocenters. The van der Waals surface area contributed by atoms with Crippen LogP contribution in [0.1, 0.15) is 5.56 Å². The molecule has 1 aliphatic rings. The summed E-state index contributed by atoms with van der Waals surface area (Å²) in [7, 11) is 0. The molecule has 0 saturated carbocycles. The average Bonchev–Trinajstić information content (AvgIpc) is 2.71. The molecule has 0 spiro atoms. The predicted octanol–water partition coefficient (Wildman–Crippen LogP) is 1.45. The van der Waals surface area contributed by atoms with Crippen molar-refractivity contribution in [1.29, 1.82) is 0 Å². The summed E-state index contributed by atoms with van der Waals surface area (Å²) in [5.41, 5.74) is 7.04. The number of thioether (sulfide) groups is 1. The normalized spacial score (nSPS) is 13.5. The van der Waals surface area contributed by atoms with Gasteiger partial charge in [-0.15, -0.1) is 11.8 Å². The molecule has 0 aromatic heterocycles. The quantitative estimate of drug-likeness (QED) is 0.910. The number of rotatable bonds is 4. The topological polar surface area (TPSA) is 63.4 Å². The number of hydrogen-bond acceptors (Lipinski definition) is 3. The molecule has 96 valence electrons. The van der Waals surface area contributed by atoms with Crippen LogP contribution in [0.2, 0.25) is 5.02 Å². The van der Waals surface area contributed by atoms with E-state index >= 15 is 0 Å². The molecule has 0 saturated heterocycles.